The molecular formula is C23H19N5O4. The number of ether oxygens (including phenoxy) is 1. The van der Waals surface area contributed by atoms with E-state index in [-0.39, 0.29) is 18.2 Å². The molecule has 1 N–H and O–H groups in total. The van der Waals surface area contributed by atoms with Crippen molar-refractivity contribution in [3.8, 4) is 16.9 Å². The van der Waals surface area contributed by atoms with E-state index in [1.54, 1.807) is 59.7 Å². The number of hydrogen-bond acceptors (Lipinski definition) is 6. The molecule has 0 aliphatic heterocycles. The predicted molar refractivity (Wildman–Crippen MR) is 118 cm³/mol. The highest BCUT2D eigenvalue weighted by Gasteiger charge is 2.16. The number of nitrogens with one attached hydrogen (secondary N) is 1. The average Bonchev–Trinajstić information content (AvgIpc) is 3.24. The molecule has 0 aliphatic rings. The molecule has 1 amide bonds. The Morgan fingerprint density at radius 1 is 1.12 bits per heavy atom. The maximum atomic E-state index is 12.9. The second kappa shape index (κ2) is 9.09. The SMILES string of the molecule is Cn1cc(-c2ccc(C(=O)Nc3cccnc3)c(OCc3cccc([N+](=O)[O-])c3)c2)cn1. The summed E-state index contributed by atoms with van der Waals surface area (Å²) in [4.78, 5) is 27.5. The van der Waals surface area contributed by atoms with Crippen LogP contribution in [-0.4, -0.2) is 25.6 Å². The van der Waals surface area contributed by atoms with Crippen molar-refractivity contribution >= 4 is 17.3 Å². The van der Waals surface area contributed by atoms with Crippen molar-refractivity contribution in [2.45, 2.75) is 6.61 Å². The van der Waals surface area contributed by atoms with Crippen molar-refractivity contribution in [1.29, 1.82) is 0 Å². The Balaban J connectivity index is 1.64. The van der Waals surface area contributed by atoms with E-state index in [2.05, 4.69) is 15.4 Å². The van der Waals surface area contributed by atoms with E-state index in [1.165, 1.54) is 12.1 Å². The average molecular weight is 429 g/mol. The quantitative estimate of drug-likeness (QED) is 0.348. The molecular weight excluding hydrogens is 410 g/mol. The van der Waals surface area contributed by atoms with E-state index in [0.717, 1.165) is 11.1 Å². The van der Waals surface area contributed by atoms with Crippen LogP contribution in [0.1, 0.15) is 15.9 Å². The summed E-state index contributed by atoms with van der Waals surface area (Å²) in [5.41, 5.74) is 3.16. The number of nitro benzene ring substituents is 1. The number of amides is 1. The van der Waals surface area contributed by atoms with E-state index in [0.29, 0.717) is 22.6 Å². The number of anilines is 1. The summed E-state index contributed by atoms with van der Waals surface area (Å²) in [6.45, 7) is 0.0609. The van der Waals surface area contributed by atoms with Crippen LogP contribution < -0.4 is 10.1 Å². The van der Waals surface area contributed by atoms with Crippen LogP contribution in [0.25, 0.3) is 11.1 Å². The minimum atomic E-state index is -0.459. The predicted octanol–water partition coefficient (Wildman–Crippen LogP) is 4.22. The molecule has 4 rings (SSSR count). The third-order valence-corrected chi connectivity index (χ3v) is 4.70. The van der Waals surface area contributed by atoms with Gasteiger partial charge in [0.25, 0.3) is 11.6 Å². The molecule has 9 heteroatoms. The zero-order valence-corrected chi connectivity index (χ0v) is 17.1. The standard InChI is InChI=1S/C23H19N5O4/c1-27-14-18(12-25-27)17-7-8-21(23(29)26-19-5-3-9-24-13-19)22(11-17)32-15-16-4-2-6-20(10-16)28(30)31/h2-14H,15H2,1H3,(H,26,29). The van der Waals surface area contributed by atoms with E-state index >= 15 is 0 Å². The number of rotatable bonds is 7. The Bertz CT molecular complexity index is 1270. The van der Waals surface area contributed by atoms with Gasteiger partial charge in [0.2, 0.25) is 0 Å². The Morgan fingerprint density at radius 2 is 2.00 bits per heavy atom. The van der Waals surface area contributed by atoms with Crippen LogP contribution >= 0.6 is 0 Å². The van der Waals surface area contributed by atoms with Crippen molar-refractivity contribution < 1.29 is 14.5 Å². The molecule has 0 unspecified atom stereocenters. The summed E-state index contributed by atoms with van der Waals surface area (Å²) in [7, 11) is 1.82. The summed E-state index contributed by atoms with van der Waals surface area (Å²) >= 11 is 0. The number of hydrogen-bond donors (Lipinski definition) is 1. The minimum absolute atomic E-state index is 0.0234. The minimum Gasteiger partial charge on any atom is -0.488 e. The van der Waals surface area contributed by atoms with Gasteiger partial charge in [0.15, 0.2) is 0 Å². The monoisotopic (exact) mass is 429 g/mol. The second-order valence-corrected chi connectivity index (χ2v) is 7.03. The largest absolute Gasteiger partial charge is 0.488 e. The highest BCUT2D eigenvalue weighted by atomic mass is 16.6. The Kier molecular flexibility index (Phi) is 5.89. The lowest BCUT2D eigenvalue weighted by Gasteiger charge is -2.13. The summed E-state index contributed by atoms with van der Waals surface area (Å²) in [5, 5.41) is 18.0. The Hall–Kier alpha value is -4.53. The number of pyridine rings is 1. The van der Waals surface area contributed by atoms with Crippen LogP contribution in [0.4, 0.5) is 11.4 Å². The lowest BCUT2D eigenvalue weighted by molar-refractivity contribution is -0.384. The fraction of sp³-hybridized carbons (Fsp3) is 0.0870. The molecule has 160 valence electrons. The van der Waals surface area contributed by atoms with Gasteiger partial charge in [0, 0.05) is 37.1 Å². The molecule has 2 aromatic carbocycles. The first kappa shape index (κ1) is 20.7. The molecule has 2 heterocycles. The van der Waals surface area contributed by atoms with Crippen LogP contribution in [0.15, 0.2) is 79.4 Å². The normalized spacial score (nSPS) is 10.5. The molecule has 0 spiro atoms. The number of carbonyl (C=O) groups excluding carboxylic acids is 1. The zero-order valence-electron chi connectivity index (χ0n) is 17.1. The van der Waals surface area contributed by atoms with Crippen LogP contribution in [0.2, 0.25) is 0 Å². The maximum absolute atomic E-state index is 12.9. The van der Waals surface area contributed by atoms with Crippen molar-refractivity contribution in [3.63, 3.8) is 0 Å². The molecule has 32 heavy (non-hydrogen) atoms. The van der Waals surface area contributed by atoms with Gasteiger partial charge in [0.05, 0.1) is 28.6 Å². The molecule has 2 aromatic heterocycles. The van der Waals surface area contributed by atoms with Crippen molar-refractivity contribution in [2.75, 3.05) is 5.32 Å². The number of non-ortho nitro benzene ring substituents is 1. The zero-order chi connectivity index (χ0) is 22.5. The topological polar surface area (TPSA) is 112 Å². The first-order valence-corrected chi connectivity index (χ1v) is 9.70. The summed E-state index contributed by atoms with van der Waals surface area (Å²) < 4.78 is 7.64. The summed E-state index contributed by atoms with van der Waals surface area (Å²) in [5.74, 6) is -0.0102. The highest BCUT2D eigenvalue weighted by Crippen LogP contribution is 2.29. The molecule has 0 saturated carbocycles. The second-order valence-electron chi connectivity index (χ2n) is 7.03. The van der Waals surface area contributed by atoms with Gasteiger partial charge in [-0.2, -0.15) is 5.10 Å². The van der Waals surface area contributed by atoms with E-state index < -0.39 is 4.92 Å². The first-order valence-electron chi connectivity index (χ1n) is 9.70. The number of carbonyl (C=O) groups is 1. The molecule has 4 aromatic rings. The molecule has 9 nitrogen and oxygen atoms in total. The first-order chi connectivity index (χ1) is 15.5. The van der Waals surface area contributed by atoms with E-state index in [4.69, 9.17) is 4.74 Å². The Labute approximate surface area is 183 Å². The van der Waals surface area contributed by atoms with Gasteiger partial charge in [-0.25, -0.2) is 0 Å². The van der Waals surface area contributed by atoms with Gasteiger partial charge in [-0.1, -0.05) is 18.2 Å². The lowest BCUT2D eigenvalue weighted by atomic mass is 10.1. The highest BCUT2D eigenvalue weighted by molar-refractivity contribution is 6.06. The van der Waals surface area contributed by atoms with Crippen LogP contribution in [0.5, 0.6) is 5.75 Å². The number of benzene rings is 2. The van der Waals surface area contributed by atoms with Gasteiger partial charge < -0.3 is 10.1 Å². The molecule has 0 atom stereocenters. The fourth-order valence-corrected chi connectivity index (χ4v) is 3.14. The smallest absolute Gasteiger partial charge is 0.269 e. The van der Waals surface area contributed by atoms with Gasteiger partial charge in [-0.15, -0.1) is 0 Å². The third-order valence-electron chi connectivity index (χ3n) is 4.70. The molecule has 0 radical (unpaired) electrons. The van der Waals surface area contributed by atoms with Gasteiger partial charge in [-0.05, 0) is 35.4 Å². The molecule has 0 fully saturated rings. The summed E-state index contributed by atoms with van der Waals surface area (Å²) in [6, 6.07) is 14.9. The number of nitro groups is 1. The fourth-order valence-electron chi connectivity index (χ4n) is 3.14. The number of nitrogens with zero attached hydrogens (tertiary/aromatic N) is 4. The van der Waals surface area contributed by atoms with Crippen molar-refractivity contribution in [1.82, 2.24) is 14.8 Å². The molecule has 0 saturated heterocycles. The summed E-state index contributed by atoms with van der Waals surface area (Å²) in [6.07, 6.45) is 6.74. The van der Waals surface area contributed by atoms with Gasteiger partial charge in [0.1, 0.15) is 12.4 Å². The van der Waals surface area contributed by atoms with Crippen molar-refractivity contribution in [2.24, 2.45) is 7.05 Å². The number of aryl methyl sites for hydroxylation is 1. The molecule has 0 bridgehead atoms. The van der Waals surface area contributed by atoms with E-state index in [9.17, 15) is 14.9 Å². The lowest BCUT2D eigenvalue weighted by Crippen LogP contribution is -2.14. The van der Waals surface area contributed by atoms with Crippen LogP contribution in [0.3, 0.4) is 0 Å². The molecule has 0 aliphatic carbocycles. The van der Waals surface area contributed by atoms with E-state index in [1.807, 2.05) is 19.3 Å². The van der Waals surface area contributed by atoms with Crippen LogP contribution in [0, 0.1) is 10.1 Å². The van der Waals surface area contributed by atoms with Gasteiger partial charge >= 0.3 is 0 Å². The number of aromatic nitrogens is 3. The third kappa shape index (κ3) is 4.78. The van der Waals surface area contributed by atoms with Crippen molar-refractivity contribution in [3.05, 3.63) is 101 Å². The maximum Gasteiger partial charge on any atom is 0.269 e. The Morgan fingerprint density at radius 3 is 2.72 bits per heavy atom. The van der Waals surface area contributed by atoms with Crippen LogP contribution in [-0.2, 0) is 13.7 Å². The van der Waals surface area contributed by atoms with Gasteiger partial charge in [-0.3, -0.25) is 24.6 Å².